The molecule has 0 radical (unpaired) electrons. The first-order valence-corrected chi connectivity index (χ1v) is 10.8. The number of carbonyl (C=O) groups is 1. The first kappa shape index (κ1) is 20.8. The third-order valence-electron chi connectivity index (χ3n) is 5.10. The van der Waals surface area contributed by atoms with Crippen LogP contribution in [-0.4, -0.2) is 37.8 Å². The topological polar surface area (TPSA) is 66.5 Å². The Morgan fingerprint density at radius 3 is 2.43 bits per heavy atom. The number of nitrogens with zero attached hydrogens (tertiary/aromatic N) is 1. The van der Waals surface area contributed by atoms with Gasteiger partial charge in [0.05, 0.1) is 15.5 Å². The van der Waals surface area contributed by atoms with Crippen LogP contribution < -0.4 is 5.32 Å². The molecule has 1 amide bonds. The summed E-state index contributed by atoms with van der Waals surface area (Å²) >= 11 is 5.93. The molecule has 28 heavy (non-hydrogen) atoms. The van der Waals surface area contributed by atoms with Crippen molar-refractivity contribution < 1.29 is 17.6 Å². The summed E-state index contributed by atoms with van der Waals surface area (Å²) in [5, 5.41) is 2.81. The maximum Gasteiger partial charge on any atom is 0.255 e. The van der Waals surface area contributed by atoms with Gasteiger partial charge in [0.1, 0.15) is 5.82 Å². The number of nitrogens with one attached hydrogen (secondary N) is 1. The molecule has 0 bridgehead atoms. The zero-order valence-electron chi connectivity index (χ0n) is 15.7. The van der Waals surface area contributed by atoms with Gasteiger partial charge < -0.3 is 5.32 Å². The Morgan fingerprint density at radius 1 is 1.14 bits per heavy atom. The number of rotatable bonds is 4. The summed E-state index contributed by atoms with van der Waals surface area (Å²) < 4.78 is 41.0. The normalized spacial score (nSPS) is 16.1. The minimum absolute atomic E-state index is 0.0484. The van der Waals surface area contributed by atoms with Gasteiger partial charge in [-0.05, 0) is 62.1 Å². The van der Waals surface area contributed by atoms with Gasteiger partial charge in [-0.1, -0.05) is 23.7 Å². The summed E-state index contributed by atoms with van der Waals surface area (Å²) in [6.45, 7) is 4.38. The maximum absolute atomic E-state index is 13.9. The fraction of sp³-hybridized carbons (Fsp3) is 0.350. The molecular weight excluding hydrogens is 403 g/mol. The van der Waals surface area contributed by atoms with Crippen molar-refractivity contribution >= 4 is 27.5 Å². The molecule has 1 aliphatic heterocycles. The summed E-state index contributed by atoms with van der Waals surface area (Å²) in [5.74, 6) is -1.27. The smallest absolute Gasteiger partial charge is 0.255 e. The minimum atomic E-state index is -3.58. The van der Waals surface area contributed by atoms with Crippen LogP contribution in [0, 0.1) is 19.7 Å². The number of benzene rings is 2. The van der Waals surface area contributed by atoms with Crippen molar-refractivity contribution in [2.24, 2.45) is 0 Å². The number of piperidine rings is 1. The van der Waals surface area contributed by atoms with Crippen molar-refractivity contribution in [3.8, 4) is 0 Å². The van der Waals surface area contributed by atoms with E-state index in [9.17, 15) is 17.6 Å². The number of amides is 1. The van der Waals surface area contributed by atoms with Crippen molar-refractivity contribution in [3.05, 3.63) is 63.9 Å². The molecule has 0 spiro atoms. The van der Waals surface area contributed by atoms with Crippen LogP contribution in [0.4, 0.5) is 4.39 Å². The van der Waals surface area contributed by atoms with E-state index in [2.05, 4.69) is 5.32 Å². The van der Waals surface area contributed by atoms with Gasteiger partial charge in [0.2, 0.25) is 10.0 Å². The van der Waals surface area contributed by atoms with Crippen LogP contribution in [0.5, 0.6) is 0 Å². The van der Waals surface area contributed by atoms with E-state index in [0.29, 0.717) is 12.8 Å². The van der Waals surface area contributed by atoms with Crippen molar-refractivity contribution in [2.75, 3.05) is 13.1 Å². The molecule has 1 aliphatic rings. The van der Waals surface area contributed by atoms with Crippen LogP contribution >= 0.6 is 11.6 Å². The molecule has 0 atom stereocenters. The molecule has 0 aromatic heterocycles. The van der Waals surface area contributed by atoms with Gasteiger partial charge in [-0.3, -0.25) is 4.79 Å². The van der Waals surface area contributed by atoms with E-state index in [1.807, 2.05) is 13.8 Å². The number of halogens is 2. The summed E-state index contributed by atoms with van der Waals surface area (Å²) in [7, 11) is -3.58. The summed E-state index contributed by atoms with van der Waals surface area (Å²) in [6, 6.07) is 8.93. The highest BCUT2D eigenvalue weighted by molar-refractivity contribution is 7.89. The number of sulfonamides is 1. The molecule has 1 fully saturated rings. The molecule has 2 aromatic rings. The van der Waals surface area contributed by atoms with E-state index in [4.69, 9.17) is 11.6 Å². The van der Waals surface area contributed by atoms with E-state index in [1.54, 1.807) is 18.2 Å². The monoisotopic (exact) mass is 424 g/mol. The Balaban J connectivity index is 1.65. The van der Waals surface area contributed by atoms with E-state index >= 15 is 0 Å². The highest BCUT2D eigenvalue weighted by atomic mass is 35.5. The largest absolute Gasteiger partial charge is 0.349 e. The maximum atomic E-state index is 13.9. The summed E-state index contributed by atoms with van der Waals surface area (Å²) in [4.78, 5) is 12.6. The number of aryl methyl sites for hydroxylation is 2. The first-order chi connectivity index (χ1) is 13.2. The fourth-order valence-corrected chi connectivity index (χ4v) is 5.04. The molecule has 1 heterocycles. The Labute approximate surface area is 169 Å². The SMILES string of the molecule is Cc1ccc(S(=O)(=O)N2CCC(NC(=O)c3c(F)cccc3Cl)CC2)cc1C. The number of hydrogen-bond donors (Lipinski definition) is 1. The summed E-state index contributed by atoms with van der Waals surface area (Å²) in [5.41, 5.74) is 1.77. The molecule has 8 heteroatoms. The first-order valence-electron chi connectivity index (χ1n) is 9.02. The third kappa shape index (κ3) is 4.21. The Morgan fingerprint density at radius 2 is 1.82 bits per heavy atom. The molecule has 0 aliphatic carbocycles. The van der Waals surface area contributed by atoms with Gasteiger partial charge in [-0.15, -0.1) is 0 Å². The highest BCUT2D eigenvalue weighted by Crippen LogP contribution is 2.24. The molecule has 0 saturated carbocycles. The lowest BCUT2D eigenvalue weighted by Gasteiger charge is -2.31. The van der Waals surface area contributed by atoms with Crippen LogP contribution in [0.2, 0.25) is 5.02 Å². The Bertz CT molecular complexity index is 982. The molecule has 0 unspecified atom stereocenters. The standard InChI is InChI=1S/C20H22ClFN2O3S/c1-13-6-7-16(12-14(13)2)28(26,27)24-10-8-15(9-11-24)23-20(25)19-17(21)4-3-5-18(19)22/h3-7,12,15H,8-11H2,1-2H3,(H,23,25). The highest BCUT2D eigenvalue weighted by Gasteiger charge is 2.30. The zero-order valence-corrected chi connectivity index (χ0v) is 17.3. The second-order valence-corrected chi connectivity index (χ2v) is 9.34. The second-order valence-electron chi connectivity index (χ2n) is 6.99. The van der Waals surface area contributed by atoms with Crippen LogP contribution in [0.1, 0.15) is 34.3 Å². The molecule has 1 N–H and O–H groups in total. The number of carbonyl (C=O) groups excluding carboxylic acids is 1. The van der Waals surface area contributed by atoms with Gasteiger partial charge in [-0.25, -0.2) is 12.8 Å². The van der Waals surface area contributed by atoms with Crippen LogP contribution in [-0.2, 0) is 10.0 Å². The van der Waals surface area contributed by atoms with Gasteiger partial charge in [-0.2, -0.15) is 4.31 Å². The van der Waals surface area contributed by atoms with Crippen LogP contribution in [0.25, 0.3) is 0 Å². The van der Waals surface area contributed by atoms with Crippen molar-refractivity contribution in [1.82, 2.24) is 9.62 Å². The van der Waals surface area contributed by atoms with Gasteiger partial charge in [0.25, 0.3) is 5.91 Å². The predicted molar refractivity (Wildman–Crippen MR) is 107 cm³/mol. The Kier molecular flexibility index (Phi) is 6.07. The molecule has 3 rings (SSSR count). The zero-order chi connectivity index (χ0) is 20.5. The molecule has 5 nitrogen and oxygen atoms in total. The van der Waals surface area contributed by atoms with E-state index < -0.39 is 21.7 Å². The van der Waals surface area contributed by atoms with Crippen LogP contribution in [0.15, 0.2) is 41.3 Å². The number of hydrogen-bond acceptors (Lipinski definition) is 3. The molecule has 150 valence electrons. The second kappa shape index (κ2) is 8.19. The van der Waals surface area contributed by atoms with Crippen LogP contribution in [0.3, 0.4) is 0 Å². The predicted octanol–water partition coefficient (Wildman–Crippen LogP) is 3.68. The van der Waals surface area contributed by atoms with E-state index in [-0.39, 0.29) is 34.6 Å². The van der Waals surface area contributed by atoms with Gasteiger partial charge in [0, 0.05) is 19.1 Å². The van der Waals surface area contributed by atoms with E-state index in [0.717, 1.165) is 11.1 Å². The Hall–Kier alpha value is -1.96. The quantitative estimate of drug-likeness (QED) is 0.814. The minimum Gasteiger partial charge on any atom is -0.349 e. The van der Waals surface area contributed by atoms with Gasteiger partial charge in [0.15, 0.2) is 0 Å². The van der Waals surface area contributed by atoms with E-state index in [1.165, 1.54) is 22.5 Å². The lowest BCUT2D eigenvalue weighted by atomic mass is 10.1. The van der Waals surface area contributed by atoms with Crippen molar-refractivity contribution in [3.63, 3.8) is 0 Å². The lowest BCUT2D eigenvalue weighted by molar-refractivity contribution is 0.0920. The molecular formula is C20H22ClFN2O3S. The van der Waals surface area contributed by atoms with Gasteiger partial charge >= 0.3 is 0 Å². The van der Waals surface area contributed by atoms with Crippen molar-refractivity contribution in [1.29, 1.82) is 0 Å². The average Bonchev–Trinajstić information content (AvgIpc) is 2.64. The molecule has 1 saturated heterocycles. The fourth-order valence-electron chi connectivity index (χ4n) is 3.24. The average molecular weight is 425 g/mol. The third-order valence-corrected chi connectivity index (χ3v) is 7.30. The lowest BCUT2D eigenvalue weighted by Crippen LogP contribution is -2.46. The van der Waals surface area contributed by atoms with Crippen molar-refractivity contribution in [2.45, 2.75) is 37.6 Å². The summed E-state index contributed by atoms with van der Waals surface area (Å²) in [6.07, 6.45) is 0.893. The molecule has 2 aromatic carbocycles.